The van der Waals surface area contributed by atoms with Crippen molar-refractivity contribution in [2.75, 3.05) is 20.1 Å². The van der Waals surface area contributed by atoms with E-state index in [1.54, 1.807) is 23.8 Å². The molecule has 2 aliphatic heterocycles. The molecule has 8 atom stereocenters. The Morgan fingerprint density at radius 1 is 0.487 bits per heavy atom. The number of amides is 6. The summed E-state index contributed by atoms with van der Waals surface area (Å²) in [5.74, 6) is -0.727. The van der Waals surface area contributed by atoms with Gasteiger partial charge in [0.05, 0.1) is 18.1 Å². The van der Waals surface area contributed by atoms with Crippen LogP contribution < -0.4 is 26.6 Å². The number of fused-ring (bicyclic) bond motifs is 2. The molecule has 4 fully saturated rings. The molecule has 0 unspecified atom stereocenters. The smallest absolute Gasteiger partial charge is 0.246 e. The second-order valence-corrected chi connectivity index (χ2v) is 24.3. The molecule has 13 heteroatoms. The fourth-order valence-electron chi connectivity index (χ4n) is 14.3. The summed E-state index contributed by atoms with van der Waals surface area (Å²) in [6, 6.07) is 27.3. The lowest BCUT2D eigenvalue weighted by Crippen LogP contribution is -2.58. The first kappa shape index (κ1) is 56.9. The highest BCUT2D eigenvalue weighted by molar-refractivity contribution is 5.95. The Morgan fingerprint density at radius 3 is 1.31 bits per heavy atom. The molecule has 0 radical (unpaired) electrons. The van der Waals surface area contributed by atoms with Crippen LogP contribution in [0.3, 0.4) is 0 Å². The molecule has 2 saturated heterocycles. The van der Waals surface area contributed by atoms with Crippen molar-refractivity contribution in [1.29, 1.82) is 0 Å². The SMILES string of the molecule is CC[C@@H](C)C(=O)N[C@H](C(=O)N1CCC[C@H]1C(=O)N[C@@H]1CCCc2c(-c3ccc(-c4ccc(-c5cccc6c5CCC[C@H]6NC(=O)[C@@H]5CCCN5C(=O)[C@@H](NC(=O)[C@H](C)NC)C5CCCCC5)cc4)cc3)cccc21)C1CCCCC1. The largest absolute Gasteiger partial charge is 0.347 e. The minimum absolute atomic E-state index is 0.0654. The second kappa shape index (κ2) is 26.1. The predicted octanol–water partition coefficient (Wildman–Crippen LogP) is 10.4. The summed E-state index contributed by atoms with van der Waals surface area (Å²) in [5, 5.41) is 16.1. The summed E-state index contributed by atoms with van der Waals surface area (Å²) >= 11 is 0. The van der Waals surface area contributed by atoms with Gasteiger partial charge in [-0.1, -0.05) is 137 Å². The number of nitrogens with zero attached hydrogens (tertiary/aromatic N) is 2. The lowest BCUT2D eigenvalue weighted by atomic mass is 9.82. The number of carbonyl (C=O) groups excluding carboxylic acids is 6. The average Bonchev–Trinajstić information content (AvgIpc) is 4.22. The Labute approximate surface area is 474 Å². The van der Waals surface area contributed by atoms with E-state index < -0.39 is 30.2 Å². The third kappa shape index (κ3) is 12.4. The monoisotopic (exact) mass is 1090 g/mol. The van der Waals surface area contributed by atoms with Crippen molar-refractivity contribution in [2.45, 2.75) is 198 Å². The quantitative estimate of drug-likeness (QED) is 0.0701. The molecule has 0 spiro atoms. The van der Waals surface area contributed by atoms with E-state index in [2.05, 4.69) is 112 Å². The van der Waals surface area contributed by atoms with Gasteiger partial charge in [-0.05, 0) is 178 Å². The van der Waals surface area contributed by atoms with E-state index >= 15 is 0 Å². The molecule has 6 amide bonds. The number of carbonyl (C=O) groups is 6. The van der Waals surface area contributed by atoms with Crippen molar-refractivity contribution in [3.8, 4) is 33.4 Å². The van der Waals surface area contributed by atoms with E-state index in [1.807, 2.05) is 13.8 Å². The highest BCUT2D eigenvalue weighted by Gasteiger charge is 2.44. The molecule has 4 aliphatic carbocycles. The molecular formula is C67H87N7O6. The highest BCUT2D eigenvalue weighted by Crippen LogP contribution is 2.40. The first-order chi connectivity index (χ1) is 38.9. The number of hydrogen-bond acceptors (Lipinski definition) is 7. The van der Waals surface area contributed by atoms with E-state index in [0.717, 1.165) is 149 Å². The summed E-state index contributed by atoms with van der Waals surface area (Å²) in [6.45, 7) is 6.74. The summed E-state index contributed by atoms with van der Waals surface area (Å²) in [4.78, 5) is 87.2. The van der Waals surface area contributed by atoms with E-state index in [0.29, 0.717) is 32.4 Å². The van der Waals surface area contributed by atoms with E-state index in [-0.39, 0.29) is 65.3 Å². The maximum Gasteiger partial charge on any atom is 0.246 e. The third-order valence-electron chi connectivity index (χ3n) is 19.3. The molecular weight excluding hydrogens is 999 g/mol. The van der Waals surface area contributed by atoms with Crippen LogP contribution in [0.15, 0.2) is 84.9 Å². The molecule has 0 aromatic heterocycles. The van der Waals surface area contributed by atoms with E-state index in [4.69, 9.17) is 0 Å². The van der Waals surface area contributed by atoms with Crippen molar-refractivity contribution in [1.82, 2.24) is 36.4 Å². The zero-order valence-corrected chi connectivity index (χ0v) is 48.0. The van der Waals surface area contributed by atoms with E-state index in [1.165, 1.54) is 22.3 Å². The maximum atomic E-state index is 14.4. The Bertz CT molecular complexity index is 2660. The van der Waals surface area contributed by atoms with Crippen LogP contribution in [0.4, 0.5) is 0 Å². The number of rotatable bonds is 17. The topological polar surface area (TPSA) is 169 Å². The van der Waals surface area contributed by atoms with Crippen LogP contribution in [0.1, 0.15) is 177 Å². The van der Waals surface area contributed by atoms with Gasteiger partial charge in [0.15, 0.2) is 0 Å². The second-order valence-electron chi connectivity index (χ2n) is 24.3. The number of nitrogens with one attached hydrogen (secondary N) is 5. The molecule has 10 rings (SSSR count). The molecule has 5 N–H and O–H groups in total. The first-order valence-corrected chi connectivity index (χ1v) is 30.9. The Hall–Kier alpha value is -6.34. The summed E-state index contributed by atoms with van der Waals surface area (Å²) in [6.07, 6.45) is 19.0. The minimum atomic E-state index is -0.632. The van der Waals surface area contributed by atoms with Crippen molar-refractivity contribution in [2.24, 2.45) is 17.8 Å². The molecule has 4 aromatic rings. The van der Waals surface area contributed by atoms with Gasteiger partial charge in [-0.3, -0.25) is 28.8 Å². The fourth-order valence-corrected chi connectivity index (χ4v) is 14.3. The summed E-state index contributed by atoms with van der Waals surface area (Å²) in [5.41, 5.74) is 11.6. The van der Waals surface area contributed by atoms with Gasteiger partial charge in [-0.25, -0.2) is 0 Å². The zero-order chi connectivity index (χ0) is 55.9. The number of likely N-dealkylation sites (N-methyl/N-ethyl adjacent to an activating group) is 1. The van der Waals surface area contributed by atoms with Gasteiger partial charge >= 0.3 is 0 Å². The molecule has 6 aliphatic rings. The molecule has 80 heavy (non-hydrogen) atoms. The van der Waals surface area contributed by atoms with E-state index in [9.17, 15) is 28.8 Å². The van der Waals surface area contributed by atoms with Gasteiger partial charge in [0, 0.05) is 19.0 Å². The standard InChI is InChI=1S/C67H87N7O6/c1-5-42(2)62(75)71-60(48-18-8-6-9-19-48)66(79)73-40-16-30-58(73)64(77)69-56-28-14-24-52-50(22-12-26-54(52)56)46-36-32-44(33-37-46)45-34-38-47(39-35-45)51-23-13-27-55-53(51)25-15-29-57(55)70-65(78)59-31-17-41-74(59)67(80)61(49-20-10-7-11-21-49)72-63(76)43(3)68-4/h12-13,22-23,26-27,32-39,42-43,48-49,56-61,68H,5-11,14-21,24-25,28-31,40-41H2,1-4H3,(H,69,77)(H,70,78)(H,71,75)(H,72,76)/t42-,43+,56-,57-,58+,59+,60+,61+/m1/s1. The lowest BCUT2D eigenvalue weighted by Gasteiger charge is -2.36. The predicted molar refractivity (Wildman–Crippen MR) is 315 cm³/mol. The Morgan fingerprint density at radius 2 is 0.900 bits per heavy atom. The normalized spacial score (nSPS) is 22.9. The van der Waals surface area contributed by atoms with Crippen molar-refractivity contribution < 1.29 is 28.8 Å². The summed E-state index contributed by atoms with van der Waals surface area (Å²) in [7, 11) is 1.74. The fraction of sp³-hybridized carbons (Fsp3) is 0.552. The minimum Gasteiger partial charge on any atom is -0.347 e. The number of benzene rings is 4. The van der Waals surface area contributed by atoms with Crippen LogP contribution in [0.2, 0.25) is 0 Å². The third-order valence-corrected chi connectivity index (χ3v) is 19.3. The van der Waals surface area contributed by atoms with Crippen LogP contribution in [0.25, 0.3) is 33.4 Å². The Balaban J connectivity index is 0.789. The average molecular weight is 1090 g/mol. The molecule has 13 nitrogen and oxygen atoms in total. The molecule has 0 bridgehead atoms. The molecule has 426 valence electrons. The zero-order valence-electron chi connectivity index (χ0n) is 48.0. The van der Waals surface area contributed by atoms with Crippen LogP contribution in [-0.2, 0) is 41.6 Å². The Kier molecular flexibility index (Phi) is 18.5. The first-order valence-electron chi connectivity index (χ1n) is 30.9. The van der Waals surface area contributed by atoms with Crippen LogP contribution in [0.5, 0.6) is 0 Å². The van der Waals surface area contributed by atoms with Gasteiger partial charge < -0.3 is 36.4 Å². The number of likely N-dealkylation sites (tertiary alicyclic amines) is 2. The van der Waals surface area contributed by atoms with Gasteiger partial charge in [0.25, 0.3) is 0 Å². The van der Waals surface area contributed by atoms with Crippen LogP contribution >= 0.6 is 0 Å². The van der Waals surface area contributed by atoms with Gasteiger partial charge in [0.2, 0.25) is 35.4 Å². The van der Waals surface area contributed by atoms with Crippen molar-refractivity contribution in [3.05, 3.63) is 107 Å². The van der Waals surface area contributed by atoms with Crippen molar-refractivity contribution in [3.63, 3.8) is 0 Å². The molecule has 2 heterocycles. The maximum absolute atomic E-state index is 14.4. The molecule has 2 saturated carbocycles. The summed E-state index contributed by atoms with van der Waals surface area (Å²) < 4.78 is 0. The van der Waals surface area contributed by atoms with Gasteiger partial charge in [-0.2, -0.15) is 0 Å². The van der Waals surface area contributed by atoms with Gasteiger partial charge in [0.1, 0.15) is 24.2 Å². The number of hydrogen-bond donors (Lipinski definition) is 5. The van der Waals surface area contributed by atoms with Gasteiger partial charge in [-0.15, -0.1) is 0 Å². The van der Waals surface area contributed by atoms with Crippen LogP contribution in [0, 0.1) is 17.8 Å². The molecule has 4 aromatic carbocycles. The lowest BCUT2D eigenvalue weighted by molar-refractivity contribution is -0.143. The van der Waals surface area contributed by atoms with Crippen LogP contribution in [-0.4, -0.2) is 95.6 Å². The van der Waals surface area contributed by atoms with Crippen molar-refractivity contribution >= 4 is 35.4 Å². The highest BCUT2D eigenvalue weighted by atomic mass is 16.2.